The van der Waals surface area contributed by atoms with Gasteiger partial charge in [0.05, 0.1) is 16.4 Å². The predicted octanol–water partition coefficient (Wildman–Crippen LogP) is 2.17. The van der Waals surface area contributed by atoms with Crippen LogP contribution in [0.25, 0.3) is 0 Å². The molecular formula is C6H4BrF2NO2S. The number of thiazole rings is 1. The van der Waals surface area contributed by atoms with Crippen LogP contribution in [-0.4, -0.2) is 22.0 Å². The second kappa shape index (κ2) is 3.67. The SMILES string of the molecule is O=C(O)C(F)(F)Cc1ncc(Br)s1. The molecule has 0 atom stereocenters. The molecule has 72 valence electrons. The molecule has 1 aromatic heterocycles. The summed E-state index contributed by atoms with van der Waals surface area (Å²) in [6.45, 7) is 0. The molecular weight excluding hydrogens is 268 g/mol. The van der Waals surface area contributed by atoms with Gasteiger partial charge in [0.25, 0.3) is 0 Å². The third-order valence-electron chi connectivity index (χ3n) is 1.21. The van der Waals surface area contributed by atoms with Crippen molar-refractivity contribution >= 4 is 33.2 Å². The number of nitrogens with zero attached hydrogens (tertiary/aromatic N) is 1. The van der Waals surface area contributed by atoms with Gasteiger partial charge in [0, 0.05) is 0 Å². The Hall–Kier alpha value is -0.560. The molecule has 0 radical (unpaired) electrons. The molecule has 1 aromatic rings. The second-order valence-corrected chi connectivity index (χ2v) is 4.74. The first-order chi connectivity index (χ1) is 5.92. The van der Waals surface area contributed by atoms with Crippen molar-refractivity contribution in [1.82, 2.24) is 4.98 Å². The average Bonchev–Trinajstić information content (AvgIpc) is 2.34. The molecule has 3 nitrogen and oxygen atoms in total. The zero-order valence-electron chi connectivity index (χ0n) is 6.13. The quantitative estimate of drug-likeness (QED) is 0.917. The highest BCUT2D eigenvalue weighted by Gasteiger charge is 2.39. The highest BCUT2D eigenvalue weighted by atomic mass is 79.9. The molecule has 0 saturated heterocycles. The van der Waals surface area contributed by atoms with E-state index in [2.05, 4.69) is 20.9 Å². The number of alkyl halides is 2. The summed E-state index contributed by atoms with van der Waals surface area (Å²) in [4.78, 5) is 13.7. The molecule has 13 heavy (non-hydrogen) atoms. The Kier molecular flexibility index (Phi) is 2.97. The van der Waals surface area contributed by atoms with Gasteiger partial charge in [-0.2, -0.15) is 8.78 Å². The molecule has 0 unspecified atom stereocenters. The van der Waals surface area contributed by atoms with Crippen LogP contribution >= 0.6 is 27.3 Å². The third kappa shape index (κ3) is 2.70. The number of carboxylic acids is 1. The van der Waals surface area contributed by atoms with E-state index in [9.17, 15) is 13.6 Å². The molecule has 0 aliphatic rings. The Morgan fingerprint density at radius 1 is 1.77 bits per heavy atom. The fourth-order valence-electron chi connectivity index (χ4n) is 0.635. The molecule has 1 N–H and O–H groups in total. The minimum absolute atomic E-state index is 0.0966. The second-order valence-electron chi connectivity index (χ2n) is 2.24. The van der Waals surface area contributed by atoms with Crippen molar-refractivity contribution in [2.24, 2.45) is 0 Å². The Morgan fingerprint density at radius 2 is 2.38 bits per heavy atom. The fraction of sp³-hybridized carbons (Fsp3) is 0.333. The molecule has 0 fully saturated rings. The van der Waals surface area contributed by atoms with Gasteiger partial charge < -0.3 is 5.11 Å². The first-order valence-electron chi connectivity index (χ1n) is 3.13. The van der Waals surface area contributed by atoms with Gasteiger partial charge >= 0.3 is 11.9 Å². The van der Waals surface area contributed by atoms with Crippen LogP contribution in [0.1, 0.15) is 5.01 Å². The van der Waals surface area contributed by atoms with Gasteiger partial charge in [-0.05, 0) is 15.9 Å². The zero-order valence-corrected chi connectivity index (χ0v) is 8.53. The number of hydrogen-bond acceptors (Lipinski definition) is 3. The number of aliphatic carboxylic acids is 1. The number of hydrogen-bond donors (Lipinski definition) is 1. The fourth-order valence-corrected chi connectivity index (χ4v) is 1.99. The largest absolute Gasteiger partial charge is 0.477 e. The number of rotatable bonds is 3. The van der Waals surface area contributed by atoms with Gasteiger partial charge in [0.2, 0.25) is 0 Å². The van der Waals surface area contributed by atoms with Crippen molar-refractivity contribution in [2.75, 3.05) is 0 Å². The average molecular weight is 272 g/mol. The van der Waals surface area contributed by atoms with Crippen LogP contribution in [0.5, 0.6) is 0 Å². The topological polar surface area (TPSA) is 50.2 Å². The Bertz CT molecular complexity index is 328. The van der Waals surface area contributed by atoms with Crippen LogP contribution in [0.2, 0.25) is 0 Å². The van der Waals surface area contributed by atoms with E-state index < -0.39 is 18.3 Å². The smallest absolute Gasteiger partial charge is 0.375 e. The lowest BCUT2D eigenvalue weighted by Gasteiger charge is -2.07. The van der Waals surface area contributed by atoms with Gasteiger partial charge in [-0.15, -0.1) is 11.3 Å². The van der Waals surface area contributed by atoms with E-state index in [4.69, 9.17) is 5.11 Å². The lowest BCUT2D eigenvalue weighted by atomic mass is 10.2. The van der Waals surface area contributed by atoms with Crippen LogP contribution in [0.15, 0.2) is 9.98 Å². The number of carboxylic acid groups (broad SMARTS) is 1. The van der Waals surface area contributed by atoms with Gasteiger partial charge in [0.15, 0.2) is 0 Å². The van der Waals surface area contributed by atoms with Gasteiger partial charge in [-0.25, -0.2) is 9.78 Å². The van der Waals surface area contributed by atoms with Crippen LogP contribution in [0.4, 0.5) is 8.78 Å². The minimum Gasteiger partial charge on any atom is -0.477 e. The maximum absolute atomic E-state index is 12.6. The minimum atomic E-state index is -3.74. The molecule has 7 heteroatoms. The third-order valence-corrected chi connectivity index (χ3v) is 2.69. The highest BCUT2D eigenvalue weighted by Crippen LogP contribution is 2.25. The van der Waals surface area contributed by atoms with E-state index in [0.717, 1.165) is 11.3 Å². The lowest BCUT2D eigenvalue weighted by molar-refractivity contribution is -0.164. The first kappa shape index (κ1) is 10.5. The van der Waals surface area contributed by atoms with Crippen molar-refractivity contribution in [3.63, 3.8) is 0 Å². The summed E-state index contributed by atoms with van der Waals surface area (Å²) in [7, 11) is 0. The summed E-state index contributed by atoms with van der Waals surface area (Å²) in [6.07, 6.45) is 0.497. The Labute approximate surface area is 84.5 Å². The summed E-state index contributed by atoms with van der Waals surface area (Å²) in [5.41, 5.74) is 0. The van der Waals surface area contributed by atoms with Crippen LogP contribution in [0.3, 0.4) is 0 Å². The lowest BCUT2D eigenvalue weighted by Crippen LogP contribution is -2.30. The zero-order chi connectivity index (χ0) is 10.1. The molecule has 0 aromatic carbocycles. The monoisotopic (exact) mass is 271 g/mol. The summed E-state index contributed by atoms with van der Waals surface area (Å²) in [6, 6.07) is 0. The molecule has 0 aliphatic heterocycles. The number of halogens is 3. The van der Waals surface area contributed by atoms with Crippen molar-refractivity contribution in [1.29, 1.82) is 0 Å². The molecule has 1 rings (SSSR count). The summed E-state index contributed by atoms with van der Waals surface area (Å²) >= 11 is 4.03. The van der Waals surface area contributed by atoms with Crippen molar-refractivity contribution in [3.05, 3.63) is 15.0 Å². The maximum atomic E-state index is 12.6. The van der Waals surface area contributed by atoms with E-state index in [1.165, 1.54) is 6.20 Å². The molecule has 0 amide bonds. The highest BCUT2D eigenvalue weighted by molar-refractivity contribution is 9.11. The van der Waals surface area contributed by atoms with Crippen LogP contribution < -0.4 is 0 Å². The number of aromatic nitrogens is 1. The van der Waals surface area contributed by atoms with Gasteiger partial charge in [-0.1, -0.05) is 0 Å². The Morgan fingerprint density at radius 3 is 2.77 bits per heavy atom. The summed E-state index contributed by atoms with van der Waals surface area (Å²) in [5, 5.41) is 8.22. The summed E-state index contributed by atoms with van der Waals surface area (Å²) in [5.74, 6) is -5.86. The van der Waals surface area contributed by atoms with Crippen molar-refractivity contribution in [2.45, 2.75) is 12.3 Å². The van der Waals surface area contributed by atoms with Crippen LogP contribution in [-0.2, 0) is 11.2 Å². The maximum Gasteiger partial charge on any atom is 0.375 e. The van der Waals surface area contributed by atoms with Crippen LogP contribution in [0, 0.1) is 0 Å². The number of carbonyl (C=O) groups is 1. The normalized spacial score (nSPS) is 11.6. The van der Waals surface area contributed by atoms with E-state index >= 15 is 0 Å². The Balaban J connectivity index is 2.74. The first-order valence-corrected chi connectivity index (χ1v) is 4.74. The molecule has 1 heterocycles. The van der Waals surface area contributed by atoms with Crippen molar-refractivity contribution in [3.8, 4) is 0 Å². The van der Waals surface area contributed by atoms with E-state index in [-0.39, 0.29) is 5.01 Å². The van der Waals surface area contributed by atoms with Crippen molar-refractivity contribution < 1.29 is 18.7 Å². The molecule has 0 bridgehead atoms. The van der Waals surface area contributed by atoms with E-state index in [0.29, 0.717) is 3.79 Å². The van der Waals surface area contributed by atoms with E-state index in [1.807, 2.05) is 0 Å². The van der Waals surface area contributed by atoms with E-state index in [1.54, 1.807) is 0 Å². The molecule has 0 aliphatic carbocycles. The van der Waals surface area contributed by atoms with Gasteiger partial charge in [0.1, 0.15) is 5.01 Å². The van der Waals surface area contributed by atoms with Gasteiger partial charge in [-0.3, -0.25) is 0 Å². The molecule has 0 saturated carbocycles. The predicted molar refractivity (Wildman–Crippen MR) is 46.1 cm³/mol. The standard InChI is InChI=1S/C6H4BrF2NO2S/c7-3-2-10-4(13-3)1-6(8,9)5(11)12/h2H,1H2,(H,11,12). The summed E-state index contributed by atoms with van der Waals surface area (Å²) < 4.78 is 25.8. The molecule has 0 spiro atoms.